The Morgan fingerprint density at radius 1 is 1.18 bits per heavy atom. The van der Waals surface area contributed by atoms with E-state index >= 15 is 0 Å². The molecular formula is C17H22N5O5P. The van der Waals surface area contributed by atoms with Gasteiger partial charge in [0.2, 0.25) is 7.37 Å². The smallest absolute Gasteiger partial charge is 0.320 e. The van der Waals surface area contributed by atoms with Crippen LogP contribution in [-0.2, 0) is 15.8 Å². The highest BCUT2D eigenvalue weighted by atomic mass is 31.2. The molecule has 0 bridgehead atoms. The highest BCUT2D eigenvalue weighted by Crippen LogP contribution is 2.38. The maximum Gasteiger partial charge on any atom is 0.320 e. The quantitative estimate of drug-likeness (QED) is 0.369. The van der Waals surface area contributed by atoms with Crippen molar-refractivity contribution < 1.29 is 24.0 Å². The molecule has 4 N–H and O–H groups in total. The molecule has 0 saturated heterocycles. The Balaban J connectivity index is 1.92. The Labute approximate surface area is 161 Å². The van der Waals surface area contributed by atoms with Crippen molar-refractivity contribution in [3.8, 4) is 12.0 Å². The van der Waals surface area contributed by atoms with Crippen molar-refractivity contribution in [2.45, 2.75) is 13.5 Å². The summed E-state index contributed by atoms with van der Waals surface area (Å²) in [6.07, 6.45) is 0.168. The van der Waals surface area contributed by atoms with Crippen LogP contribution in [0.1, 0.15) is 12.5 Å². The summed E-state index contributed by atoms with van der Waals surface area (Å²) < 4.78 is 23.9. The minimum absolute atomic E-state index is 0.0581. The molecule has 10 nitrogen and oxygen atoms in total. The van der Waals surface area contributed by atoms with Crippen LogP contribution in [-0.4, -0.2) is 56.0 Å². The fourth-order valence-corrected chi connectivity index (χ4v) is 3.60. The zero-order chi connectivity index (χ0) is 20.3. The molecule has 2 heterocycles. The van der Waals surface area contributed by atoms with E-state index < -0.39 is 7.37 Å². The molecule has 0 aliphatic carbocycles. The number of rotatable bonds is 8. The molecule has 0 spiro atoms. The van der Waals surface area contributed by atoms with Gasteiger partial charge in [-0.25, -0.2) is 0 Å². The first-order valence-electron chi connectivity index (χ1n) is 8.61. The van der Waals surface area contributed by atoms with Gasteiger partial charge in [-0.15, -0.1) is 0 Å². The molecule has 11 heteroatoms. The van der Waals surface area contributed by atoms with Crippen LogP contribution in [0.4, 0.5) is 5.82 Å². The van der Waals surface area contributed by atoms with Crippen molar-refractivity contribution in [2.75, 3.05) is 32.2 Å². The normalized spacial score (nSPS) is 13.5. The number of nitrogens with zero attached hydrogens (tertiary/aromatic N) is 4. The standard InChI is InChI=1S/C17H22N5O5P/c1-3-28(24,25)12-6-4-11(5-7-12)10-22-15-13(19-17(22)23)14(18)20-16(21-15)27-9-8-26-2/h4-7H,3,8-10H2,1-2H3,(H,19,23)(H,24,25)(H2,18,20,21). The minimum atomic E-state index is -3.32. The van der Waals surface area contributed by atoms with Crippen molar-refractivity contribution in [3.05, 3.63) is 29.8 Å². The lowest BCUT2D eigenvalue weighted by Gasteiger charge is -2.11. The second kappa shape index (κ2) is 8.14. The van der Waals surface area contributed by atoms with Crippen molar-refractivity contribution in [1.29, 1.82) is 0 Å². The first-order chi connectivity index (χ1) is 13.4. The third kappa shape index (κ3) is 4.09. The summed E-state index contributed by atoms with van der Waals surface area (Å²) in [6, 6.07) is 6.45. The van der Waals surface area contributed by atoms with Gasteiger partial charge in [-0.2, -0.15) is 15.0 Å². The van der Waals surface area contributed by atoms with Gasteiger partial charge in [-0.1, -0.05) is 19.1 Å². The number of benzene rings is 1. The van der Waals surface area contributed by atoms with Crippen LogP contribution in [0.25, 0.3) is 11.2 Å². The third-order valence-corrected chi connectivity index (χ3v) is 6.17. The first-order valence-corrected chi connectivity index (χ1v) is 10.5. The van der Waals surface area contributed by atoms with E-state index in [0.29, 0.717) is 17.6 Å². The molecule has 3 rings (SSSR count). The lowest BCUT2D eigenvalue weighted by atomic mass is 10.2. The number of fused-ring (bicyclic) bond motifs is 1. The lowest BCUT2D eigenvalue weighted by molar-refractivity contribution is 0.141. The molecule has 28 heavy (non-hydrogen) atoms. The largest absolute Gasteiger partial charge is 0.480 e. The van der Waals surface area contributed by atoms with Gasteiger partial charge in [0.05, 0.1) is 13.2 Å². The molecule has 0 radical (unpaired) electrons. The number of ether oxygens (including phenoxy) is 2. The highest BCUT2D eigenvalue weighted by Gasteiger charge is 2.19. The fourth-order valence-electron chi connectivity index (χ4n) is 2.62. The Hall–Kier alpha value is -2.68. The molecule has 0 aliphatic rings. The summed E-state index contributed by atoms with van der Waals surface area (Å²) >= 11 is 0. The van der Waals surface area contributed by atoms with Gasteiger partial charge in [-0.3, -0.25) is 9.13 Å². The second-order valence-corrected chi connectivity index (χ2v) is 8.64. The number of aromatic nitrogens is 4. The third-order valence-electron chi connectivity index (χ3n) is 4.21. The number of imidazole rings is 1. The molecule has 3 aromatic rings. The van der Waals surface area contributed by atoms with Gasteiger partial charge >= 0.3 is 6.01 Å². The van der Waals surface area contributed by atoms with Crippen LogP contribution in [0.2, 0.25) is 0 Å². The van der Waals surface area contributed by atoms with Gasteiger partial charge in [0.1, 0.15) is 6.61 Å². The Bertz CT molecular complexity index is 1020. The van der Waals surface area contributed by atoms with Crippen LogP contribution in [0.3, 0.4) is 0 Å². The van der Waals surface area contributed by atoms with E-state index in [9.17, 15) is 14.6 Å². The van der Waals surface area contributed by atoms with E-state index in [0.717, 1.165) is 5.56 Å². The van der Waals surface area contributed by atoms with E-state index in [-0.39, 0.29) is 42.7 Å². The number of methoxy groups -OCH3 is 1. The van der Waals surface area contributed by atoms with Crippen molar-refractivity contribution in [3.63, 3.8) is 0 Å². The monoisotopic (exact) mass is 407 g/mol. The average molecular weight is 407 g/mol. The van der Waals surface area contributed by atoms with Crippen molar-refractivity contribution in [1.82, 2.24) is 19.5 Å². The van der Waals surface area contributed by atoms with Crippen LogP contribution in [0, 0.1) is 0 Å². The zero-order valence-corrected chi connectivity index (χ0v) is 16.5. The molecule has 0 fully saturated rings. The van der Waals surface area contributed by atoms with E-state index in [4.69, 9.17) is 15.2 Å². The number of anilines is 1. The molecule has 0 amide bonds. The molecule has 0 aliphatic heterocycles. The van der Waals surface area contributed by atoms with Crippen molar-refractivity contribution >= 4 is 29.7 Å². The summed E-state index contributed by atoms with van der Waals surface area (Å²) in [5, 5.41) is 10.6. The SMILES string of the molecule is CCP(=O)(O)c1ccc(Cn2c(O)nc3c(N)nc(OCCOC)nc32)cc1. The Kier molecular flexibility index (Phi) is 5.83. The van der Waals surface area contributed by atoms with E-state index in [1.807, 2.05) is 0 Å². The molecule has 150 valence electrons. The van der Waals surface area contributed by atoms with Crippen LogP contribution in [0.5, 0.6) is 12.0 Å². The van der Waals surface area contributed by atoms with Crippen LogP contribution in [0.15, 0.2) is 24.3 Å². The summed E-state index contributed by atoms with van der Waals surface area (Å²) in [4.78, 5) is 22.3. The van der Waals surface area contributed by atoms with Gasteiger partial charge in [0, 0.05) is 18.6 Å². The molecule has 1 atom stereocenters. The summed E-state index contributed by atoms with van der Waals surface area (Å²) in [6.45, 7) is 2.52. The predicted octanol–water partition coefficient (Wildman–Crippen LogP) is 1.10. The number of hydrogen-bond acceptors (Lipinski definition) is 8. The van der Waals surface area contributed by atoms with E-state index in [1.54, 1.807) is 38.3 Å². The van der Waals surface area contributed by atoms with Gasteiger partial charge in [-0.05, 0) is 17.7 Å². The average Bonchev–Trinajstić information content (AvgIpc) is 2.99. The summed E-state index contributed by atoms with van der Waals surface area (Å²) in [5.74, 6) is 0.0889. The maximum absolute atomic E-state index is 12.1. The van der Waals surface area contributed by atoms with Gasteiger partial charge in [0.25, 0.3) is 6.01 Å². The summed E-state index contributed by atoms with van der Waals surface area (Å²) in [5.41, 5.74) is 7.28. The molecule has 2 aromatic heterocycles. The van der Waals surface area contributed by atoms with E-state index in [1.165, 1.54) is 4.57 Å². The molecule has 1 aromatic carbocycles. The molecule has 1 unspecified atom stereocenters. The highest BCUT2D eigenvalue weighted by molar-refractivity contribution is 7.66. The van der Waals surface area contributed by atoms with Crippen LogP contribution < -0.4 is 15.8 Å². The topological polar surface area (TPSA) is 146 Å². The zero-order valence-electron chi connectivity index (χ0n) is 15.6. The second-order valence-electron chi connectivity index (χ2n) is 6.09. The number of hydrogen-bond donors (Lipinski definition) is 3. The maximum atomic E-state index is 12.1. The number of nitrogen functional groups attached to an aromatic ring is 1. The van der Waals surface area contributed by atoms with Crippen LogP contribution >= 0.6 is 7.37 Å². The Morgan fingerprint density at radius 2 is 1.89 bits per heavy atom. The fraction of sp³-hybridized carbons (Fsp3) is 0.353. The van der Waals surface area contributed by atoms with E-state index in [2.05, 4.69) is 15.0 Å². The van der Waals surface area contributed by atoms with Gasteiger partial charge in [0.15, 0.2) is 17.0 Å². The van der Waals surface area contributed by atoms with Crippen molar-refractivity contribution in [2.24, 2.45) is 0 Å². The first kappa shape index (κ1) is 20.1. The lowest BCUT2D eigenvalue weighted by Crippen LogP contribution is -2.09. The molecule has 0 saturated carbocycles. The minimum Gasteiger partial charge on any atom is -0.480 e. The predicted molar refractivity (Wildman–Crippen MR) is 104 cm³/mol. The molecular weight excluding hydrogens is 385 g/mol. The summed E-state index contributed by atoms with van der Waals surface area (Å²) in [7, 11) is -1.77. The Morgan fingerprint density at radius 3 is 2.54 bits per heavy atom. The number of aromatic hydroxyl groups is 1. The number of nitrogens with two attached hydrogens (primary N) is 1. The van der Waals surface area contributed by atoms with Gasteiger partial charge < -0.3 is 25.2 Å².